The van der Waals surface area contributed by atoms with Gasteiger partial charge in [-0.3, -0.25) is 24.2 Å². The van der Waals surface area contributed by atoms with E-state index < -0.39 is 54.5 Å². The maximum Gasteiger partial charge on any atom is 0.305 e. The van der Waals surface area contributed by atoms with Crippen LogP contribution in [0, 0.1) is 0 Å². The van der Waals surface area contributed by atoms with Gasteiger partial charge in [0.15, 0.2) is 18.2 Å². The van der Waals surface area contributed by atoms with Gasteiger partial charge < -0.3 is 28.4 Å². The van der Waals surface area contributed by atoms with E-state index in [9.17, 15) is 19.2 Å². The average Bonchev–Trinajstić information content (AvgIpc) is 2.73. The summed E-state index contributed by atoms with van der Waals surface area (Å²) in [5.74, 6) is -2.00. The van der Waals surface area contributed by atoms with Crippen molar-refractivity contribution in [2.75, 3.05) is 13.7 Å². The van der Waals surface area contributed by atoms with E-state index in [0.717, 1.165) is 0 Å². The Morgan fingerprint density at radius 2 is 1.45 bits per heavy atom. The van der Waals surface area contributed by atoms with Crippen molar-refractivity contribution in [2.45, 2.75) is 58.3 Å². The van der Waals surface area contributed by atoms with Crippen molar-refractivity contribution in [1.82, 2.24) is 0 Å². The van der Waals surface area contributed by atoms with Crippen LogP contribution < -0.4 is 4.74 Å². The van der Waals surface area contributed by atoms with Gasteiger partial charge in [-0.15, -0.1) is 0 Å². The Balaban J connectivity index is 2.45. The van der Waals surface area contributed by atoms with Gasteiger partial charge in [-0.2, -0.15) is 0 Å². The zero-order chi connectivity index (χ0) is 24.5. The third-order valence-corrected chi connectivity index (χ3v) is 4.46. The molecule has 1 aromatic carbocycles. The first-order valence-corrected chi connectivity index (χ1v) is 10.1. The van der Waals surface area contributed by atoms with Crippen molar-refractivity contribution in [3.63, 3.8) is 0 Å². The number of rotatable bonds is 8. The van der Waals surface area contributed by atoms with Crippen LogP contribution in [-0.4, -0.2) is 74.5 Å². The van der Waals surface area contributed by atoms with Gasteiger partial charge in [0, 0.05) is 33.9 Å². The largest absolute Gasteiger partial charge is 0.497 e. The van der Waals surface area contributed by atoms with Gasteiger partial charge in [0.2, 0.25) is 6.29 Å². The Labute approximate surface area is 190 Å². The molecule has 0 spiro atoms. The fourth-order valence-electron chi connectivity index (χ4n) is 3.17. The molecule has 1 aliphatic rings. The smallest absolute Gasteiger partial charge is 0.305 e. The summed E-state index contributed by atoms with van der Waals surface area (Å²) in [5.41, 5.74) is 0.671. The van der Waals surface area contributed by atoms with Gasteiger partial charge in [0.25, 0.3) is 0 Å². The van der Waals surface area contributed by atoms with Crippen LogP contribution in [0.25, 0.3) is 0 Å². The van der Waals surface area contributed by atoms with E-state index in [4.69, 9.17) is 28.4 Å². The molecular formula is C22H27NO10. The Morgan fingerprint density at radius 3 is 1.97 bits per heavy atom. The molecule has 2 unspecified atom stereocenters. The Hall–Kier alpha value is -3.47. The molecule has 33 heavy (non-hydrogen) atoms. The van der Waals surface area contributed by atoms with Crippen molar-refractivity contribution < 1.29 is 47.6 Å². The number of carbonyl (C=O) groups is 4. The van der Waals surface area contributed by atoms with Crippen molar-refractivity contribution in [2.24, 2.45) is 4.99 Å². The predicted octanol–water partition coefficient (Wildman–Crippen LogP) is 1.20. The summed E-state index contributed by atoms with van der Waals surface area (Å²) in [6, 6.07) is 5.84. The topological polar surface area (TPSA) is 136 Å². The minimum Gasteiger partial charge on any atom is -0.497 e. The van der Waals surface area contributed by atoms with Crippen LogP contribution in [0.1, 0.15) is 33.3 Å². The molecule has 0 aliphatic carbocycles. The van der Waals surface area contributed by atoms with Crippen LogP contribution in [0.3, 0.4) is 0 Å². The van der Waals surface area contributed by atoms with E-state index in [1.54, 1.807) is 24.3 Å². The number of benzene rings is 1. The maximum absolute atomic E-state index is 11.9. The average molecular weight is 465 g/mol. The van der Waals surface area contributed by atoms with Crippen LogP contribution >= 0.6 is 0 Å². The highest BCUT2D eigenvalue weighted by Gasteiger charge is 2.51. The van der Waals surface area contributed by atoms with Gasteiger partial charge in [0.05, 0.1) is 7.11 Å². The summed E-state index contributed by atoms with van der Waals surface area (Å²) >= 11 is 0. The molecule has 1 aliphatic heterocycles. The summed E-state index contributed by atoms with van der Waals surface area (Å²) in [6.07, 6.45) is -3.31. The minimum absolute atomic E-state index is 0.336. The van der Waals surface area contributed by atoms with Gasteiger partial charge in [0.1, 0.15) is 18.5 Å². The van der Waals surface area contributed by atoms with Crippen LogP contribution in [0.2, 0.25) is 0 Å². The molecule has 0 N–H and O–H groups in total. The number of ether oxygens (including phenoxy) is 6. The van der Waals surface area contributed by atoms with Crippen molar-refractivity contribution >= 4 is 30.1 Å². The van der Waals surface area contributed by atoms with E-state index in [1.165, 1.54) is 41.0 Å². The first-order valence-electron chi connectivity index (χ1n) is 10.1. The molecule has 1 heterocycles. The number of hydrogen-bond acceptors (Lipinski definition) is 11. The number of esters is 4. The van der Waals surface area contributed by atoms with E-state index in [2.05, 4.69) is 4.99 Å². The lowest BCUT2D eigenvalue weighted by atomic mass is 9.96. The Morgan fingerprint density at radius 1 is 0.879 bits per heavy atom. The molecule has 1 saturated heterocycles. The second-order valence-corrected chi connectivity index (χ2v) is 7.14. The first-order chi connectivity index (χ1) is 15.6. The fourth-order valence-corrected chi connectivity index (χ4v) is 3.17. The summed E-state index contributed by atoms with van der Waals surface area (Å²) in [7, 11) is 1.54. The summed E-state index contributed by atoms with van der Waals surface area (Å²) in [6.45, 7) is 4.37. The third kappa shape index (κ3) is 7.86. The van der Waals surface area contributed by atoms with E-state index in [0.29, 0.717) is 11.3 Å². The first kappa shape index (κ1) is 25.8. The van der Waals surface area contributed by atoms with Gasteiger partial charge in [-0.05, 0) is 29.8 Å². The summed E-state index contributed by atoms with van der Waals surface area (Å²) in [4.78, 5) is 51.1. The molecule has 0 bridgehead atoms. The van der Waals surface area contributed by atoms with Gasteiger partial charge >= 0.3 is 23.9 Å². The maximum atomic E-state index is 11.9. The van der Waals surface area contributed by atoms with Crippen LogP contribution in [0.4, 0.5) is 0 Å². The second kappa shape index (κ2) is 12.0. The lowest BCUT2D eigenvalue weighted by molar-refractivity contribution is -0.266. The second-order valence-electron chi connectivity index (χ2n) is 7.14. The molecule has 180 valence electrons. The lowest BCUT2D eigenvalue weighted by Gasteiger charge is -2.42. The van der Waals surface area contributed by atoms with Gasteiger partial charge in [-0.1, -0.05) is 0 Å². The van der Waals surface area contributed by atoms with E-state index in [1.807, 2.05) is 0 Å². The van der Waals surface area contributed by atoms with Crippen molar-refractivity contribution in [3.8, 4) is 5.75 Å². The Kier molecular flexibility index (Phi) is 9.34. The zero-order valence-electron chi connectivity index (χ0n) is 19.0. The number of carbonyl (C=O) groups excluding carboxylic acids is 4. The van der Waals surface area contributed by atoms with Crippen molar-refractivity contribution in [1.29, 1.82) is 0 Å². The fraction of sp³-hybridized carbons (Fsp3) is 0.500. The monoisotopic (exact) mass is 465 g/mol. The number of aliphatic imine (C=N–C) groups is 1. The number of nitrogens with zero attached hydrogens (tertiary/aromatic N) is 1. The third-order valence-electron chi connectivity index (χ3n) is 4.46. The lowest BCUT2D eigenvalue weighted by Crippen LogP contribution is -2.61. The highest BCUT2D eigenvalue weighted by molar-refractivity contribution is 5.80. The van der Waals surface area contributed by atoms with Crippen LogP contribution in [0.5, 0.6) is 5.75 Å². The van der Waals surface area contributed by atoms with Crippen LogP contribution in [-0.2, 0) is 42.9 Å². The molecule has 1 aromatic rings. The SMILES string of the molecule is COc1ccc(/C=N/[C@H]2C(OC(C)=O)[C@H](OC(C)=O)C(COC(C)=O)O[C@H]2OC(C)=O)cc1. The molecule has 5 atom stereocenters. The van der Waals surface area contributed by atoms with Crippen molar-refractivity contribution in [3.05, 3.63) is 29.8 Å². The molecule has 0 amide bonds. The summed E-state index contributed by atoms with van der Waals surface area (Å²) in [5, 5.41) is 0. The minimum atomic E-state index is -1.31. The summed E-state index contributed by atoms with van der Waals surface area (Å²) < 4.78 is 32.0. The molecule has 11 heteroatoms. The molecule has 0 aromatic heterocycles. The van der Waals surface area contributed by atoms with Crippen LogP contribution in [0.15, 0.2) is 29.3 Å². The molecule has 11 nitrogen and oxygen atoms in total. The molecular weight excluding hydrogens is 438 g/mol. The highest BCUT2D eigenvalue weighted by atomic mass is 16.7. The molecule has 2 rings (SSSR count). The number of hydrogen-bond donors (Lipinski definition) is 0. The van der Waals surface area contributed by atoms with E-state index in [-0.39, 0.29) is 6.61 Å². The number of methoxy groups -OCH3 is 1. The highest BCUT2D eigenvalue weighted by Crippen LogP contribution is 2.30. The van der Waals surface area contributed by atoms with Gasteiger partial charge in [-0.25, -0.2) is 0 Å². The quantitative estimate of drug-likeness (QED) is 0.313. The Bertz CT molecular complexity index is 882. The van der Waals surface area contributed by atoms with E-state index >= 15 is 0 Å². The predicted molar refractivity (Wildman–Crippen MR) is 113 cm³/mol. The zero-order valence-corrected chi connectivity index (χ0v) is 19.0. The molecule has 1 fully saturated rings. The molecule has 0 saturated carbocycles. The normalized spacial score (nSPS) is 24.6. The molecule has 0 radical (unpaired) electrons. The standard InChI is InChI=1S/C22H27NO10/c1-12(24)29-11-18-20(30-13(2)25)21(31-14(3)26)19(22(33-18)32-15(4)27)23-10-16-6-8-17(28-5)9-7-16/h6-10,18-22H,11H2,1-5H3/b23-10+/t18?,19-,20+,21?,22+/m0/s1.